The van der Waals surface area contributed by atoms with Gasteiger partial charge in [0.05, 0.1) is 17.3 Å². The Balaban J connectivity index is 1.98. The molecule has 0 fully saturated rings. The lowest BCUT2D eigenvalue weighted by molar-refractivity contribution is 0.102. The molecule has 0 atom stereocenters. The van der Waals surface area contributed by atoms with Crippen LogP contribution >= 0.6 is 12.2 Å². The van der Waals surface area contributed by atoms with Gasteiger partial charge in [0.15, 0.2) is 0 Å². The number of thiocarbonyl (C=S) groups is 1. The number of carbonyl (C=O) groups excluding carboxylic acids is 1. The van der Waals surface area contributed by atoms with E-state index in [2.05, 4.69) is 20.5 Å². The highest BCUT2D eigenvalue weighted by Gasteiger charge is 2.14. The number of nitrogens with one attached hydrogen (secondary N) is 2. The predicted molar refractivity (Wildman–Crippen MR) is 84.2 cm³/mol. The average molecular weight is 297 g/mol. The van der Waals surface area contributed by atoms with Crippen molar-refractivity contribution in [1.82, 2.24) is 15.2 Å². The summed E-state index contributed by atoms with van der Waals surface area (Å²) in [6.45, 7) is 0. The van der Waals surface area contributed by atoms with Crippen molar-refractivity contribution < 1.29 is 4.79 Å². The molecule has 6 nitrogen and oxygen atoms in total. The maximum Gasteiger partial charge on any atom is 0.257 e. The molecule has 0 unspecified atom stereocenters. The van der Waals surface area contributed by atoms with Gasteiger partial charge in [-0.15, -0.1) is 0 Å². The van der Waals surface area contributed by atoms with Crippen molar-refractivity contribution in [1.29, 1.82) is 0 Å². The Labute approximate surface area is 125 Å². The number of carbonyl (C=O) groups is 1. The second kappa shape index (κ2) is 5.29. The smallest absolute Gasteiger partial charge is 0.257 e. The van der Waals surface area contributed by atoms with Crippen LogP contribution in [0.25, 0.3) is 10.9 Å². The number of aromatic amines is 1. The van der Waals surface area contributed by atoms with Crippen molar-refractivity contribution in [3.05, 3.63) is 53.9 Å². The first-order valence-corrected chi connectivity index (χ1v) is 6.56. The molecule has 0 aliphatic carbocycles. The second-order valence-corrected chi connectivity index (χ2v) is 4.79. The van der Waals surface area contributed by atoms with Gasteiger partial charge >= 0.3 is 0 Å². The summed E-state index contributed by atoms with van der Waals surface area (Å²) in [5.74, 6) is 0.101. The maximum atomic E-state index is 12.4. The fourth-order valence-electron chi connectivity index (χ4n) is 2.05. The molecule has 1 amide bonds. The largest absolute Gasteiger partial charge is 0.389 e. The zero-order chi connectivity index (χ0) is 14.8. The predicted octanol–water partition coefficient (Wildman–Crippen LogP) is 1.84. The van der Waals surface area contributed by atoms with E-state index in [1.165, 1.54) is 6.20 Å². The van der Waals surface area contributed by atoms with Crippen molar-refractivity contribution in [3.8, 4) is 0 Å². The van der Waals surface area contributed by atoms with Gasteiger partial charge in [-0.1, -0.05) is 24.4 Å². The van der Waals surface area contributed by atoms with Crippen LogP contribution in [-0.4, -0.2) is 26.1 Å². The summed E-state index contributed by atoms with van der Waals surface area (Å²) in [5.41, 5.74) is 7.34. The first-order chi connectivity index (χ1) is 10.2. The minimum Gasteiger partial charge on any atom is -0.389 e. The Hall–Kier alpha value is -2.80. The molecule has 0 saturated heterocycles. The fraction of sp³-hybridized carbons (Fsp3) is 0. The lowest BCUT2D eigenvalue weighted by Crippen LogP contribution is -2.17. The number of fused-ring (bicyclic) bond motifs is 1. The Morgan fingerprint density at radius 3 is 2.90 bits per heavy atom. The summed E-state index contributed by atoms with van der Waals surface area (Å²) < 4.78 is 0. The van der Waals surface area contributed by atoms with Crippen LogP contribution in [0.3, 0.4) is 0 Å². The maximum absolute atomic E-state index is 12.4. The van der Waals surface area contributed by atoms with Crippen LogP contribution < -0.4 is 11.1 Å². The van der Waals surface area contributed by atoms with E-state index in [-0.39, 0.29) is 10.9 Å². The number of hydrogen-bond donors (Lipinski definition) is 3. The van der Waals surface area contributed by atoms with E-state index in [4.69, 9.17) is 18.0 Å². The quantitative estimate of drug-likeness (QED) is 0.641. The molecule has 0 aliphatic heterocycles. The zero-order valence-corrected chi connectivity index (χ0v) is 11.6. The topological polar surface area (TPSA) is 96.7 Å². The van der Waals surface area contributed by atoms with Crippen LogP contribution in [0.5, 0.6) is 0 Å². The van der Waals surface area contributed by atoms with E-state index in [0.717, 1.165) is 10.9 Å². The second-order valence-electron chi connectivity index (χ2n) is 4.35. The molecule has 1 aromatic carbocycles. The normalized spacial score (nSPS) is 10.5. The molecule has 7 heteroatoms. The third kappa shape index (κ3) is 2.46. The number of H-pyrrole nitrogens is 1. The summed E-state index contributed by atoms with van der Waals surface area (Å²) in [4.78, 5) is 16.8. The number of benzene rings is 1. The molecule has 0 radical (unpaired) electrons. The Morgan fingerprint density at radius 1 is 1.24 bits per heavy atom. The highest BCUT2D eigenvalue weighted by molar-refractivity contribution is 7.80. The third-order valence-electron chi connectivity index (χ3n) is 3.03. The number of pyridine rings is 1. The van der Waals surface area contributed by atoms with E-state index in [1.54, 1.807) is 24.4 Å². The van der Waals surface area contributed by atoms with Gasteiger partial charge in [0, 0.05) is 17.1 Å². The Kier molecular flexibility index (Phi) is 3.33. The van der Waals surface area contributed by atoms with Gasteiger partial charge in [0.1, 0.15) is 10.8 Å². The highest BCUT2D eigenvalue weighted by Crippen LogP contribution is 2.18. The van der Waals surface area contributed by atoms with Crippen LogP contribution in [-0.2, 0) is 0 Å². The molecule has 0 spiro atoms. The van der Waals surface area contributed by atoms with Crippen LogP contribution in [0.4, 0.5) is 5.82 Å². The summed E-state index contributed by atoms with van der Waals surface area (Å²) in [6, 6.07) is 9.00. The Morgan fingerprint density at radius 2 is 2.10 bits per heavy atom. The standard InChI is InChI=1S/C14H11N5OS/c15-12(21)10-7-17-19-13(10)18-14(20)9-3-1-5-11-8(9)4-2-6-16-11/h1-7H,(H2,15,21)(H2,17,18,19,20). The molecule has 2 heterocycles. The highest BCUT2D eigenvalue weighted by atomic mass is 32.1. The molecule has 3 rings (SSSR count). The molecule has 3 aromatic rings. The van der Waals surface area contributed by atoms with Crippen molar-refractivity contribution >= 4 is 39.8 Å². The minimum atomic E-state index is -0.282. The number of amides is 1. The number of anilines is 1. The number of hydrogen-bond acceptors (Lipinski definition) is 4. The van der Waals surface area contributed by atoms with Crippen LogP contribution in [0, 0.1) is 0 Å². The third-order valence-corrected chi connectivity index (χ3v) is 3.25. The van der Waals surface area contributed by atoms with Gasteiger partial charge in [-0.25, -0.2) is 0 Å². The monoisotopic (exact) mass is 297 g/mol. The molecule has 21 heavy (non-hydrogen) atoms. The minimum absolute atomic E-state index is 0.165. The van der Waals surface area contributed by atoms with E-state index < -0.39 is 0 Å². The molecular weight excluding hydrogens is 286 g/mol. The van der Waals surface area contributed by atoms with Gasteiger partial charge in [-0.2, -0.15) is 5.10 Å². The average Bonchev–Trinajstić information content (AvgIpc) is 2.95. The van der Waals surface area contributed by atoms with Crippen molar-refractivity contribution in [3.63, 3.8) is 0 Å². The molecule has 2 aromatic heterocycles. The van der Waals surface area contributed by atoms with Crippen LogP contribution in [0.1, 0.15) is 15.9 Å². The molecular formula is C14H11N5OS. The zero-order valence-electron chi connectivity index (χ0n) is 10.8. The van der Waals surface area contributed by atoms with E-state index >= 15 is 0 Å². The lowest BCUT2D eigenvalue weighted by Gasteiger charge is -2.07. The van der Waals surface area contributed by atoms with E-state index in [1.807, 2.05) is 12.1 Å². The SMILES string of the molecule is NC(=S)c1cn[nH]c1NC(=O)c1cccc2ncccc12. The van der Waals surface area contributed by atoms with Gasteiger partial charge in [-0.3, -0.25) is 14.9 Å². The van der Waals surface area contributed by atoms with Gasteiger partial charge in [0.25, 0.3) is 5.91 Å². The van der Waals surface area contributed by atoms with E-state index in [0.29, 0.717) is 16.9 Å². The molecule has 0 aliphatic rings. The fourth-order valence-corrected chi connectivity index (χ4v) is 2.21. The summed E-state index contributed by atoms with van der Waals surface area (Å²) in [7, 11) is 0. The van der Waals surface area contributed by atoms with Gasteiger partial charge in [-0.05, 0) is 18.2 Å². The van der Waals surface area contributed by atoms with Crippen molar-refractivity contribution in [2.24, 2.45) is 5.73 Å². The van der Waals surface area contributed by atoms with Crippen LogP contribution in [0.2, 0.25) is 0 Å². The molecule has 104 valence electrons. The first-order valence-electron chi connectivity index (χ1n) is 6.15. The summed E-state index contributed by atoms with van der Waals surface area (Å²) >= 11 is 4.91. The number of nitrogens with two attached hydrogens (primary N) is 1. The van der Waals surface area contributed by atoms with Crippen molar-refractivity contribution in [2.75, 3.05) is 5.32 Å². The number of nitrogens with zero attached hydrogens (tertiary/aromatic N) is 2. The van der Waals surface area contributed by atoms with Gasteiger partial charge < -0.3 is 11.1 Å². The van der Waals surface area contributed by atoms with Crippen LogP contribution in [0.15, 0.2) is 42.7 Å². The molecule has 0 saturated carbocycles. The van der Waals surface area contributed by atoms with Gasteiger partial charge in [0.2, 0.25) is 0 Å². The summed E-state index contributed by atoms with van der Waals surface area (Å²) in [5, 5.41) is 10.0. The summed E-state index contributed by atoms with van der Waals surface area (Å²) in [6.07, 6.45) is 3.16. The first kappa shape index (κ1) is 13.2. The lowest BCUT2D eigenvalue weighted by atomic mass is 10.1. The van der Waals surface area contributed by atoms with E-state index in [9.17, 15) is 4.79 Å². The molecule has 0 bridgehead atoms. The number of rotatable bonds is 3. The Bertz CT molecular complexity index is 837. The van der Waals surface area contributed by atoms with Crippen molar-refractivity contribution in [2.45, 2.75) is 0 Å². The number of aromatic nitrogens is 3. The molecule has 4 N–H and O–H groups in total.